The molecule has 0 saturated carbocycles. The molecular weight excluding hydrogens is 242 g/mol. The average Bonchev–Trinajstić information content (AvgIpc) is 3.00. The quantitative estimate of drug-likeness (QED) is 0.833. The minimum atomic E-state index is 0.123. The fourth-order valence-electron chi connectivity index (χ4n) is 2.89. The van der Waals surface area contributed by atoms with E-state index in [0.717, 1.165) is 32.1 Å². The van der Waals surface area contributed by atoms with Crippen LogP contribution in [0.3, 0.4) is 0 Å². The maximum absolute atomic E-state index is 5.61. The molecule has 5 heteroatoms. The standard InChI is InChI=1S/C14H21N3O2/c1-11(2)19-13-8-15-7-12(16-13)17-5-3-14(9-17)4-6-18-10-14/h7-8,11H,3-6,9-10H2,1-2H3. The second-order valence-corrected chi connectivity index (χ2v) is 5.86. The summed E-state index contributed by atoms with van der Waals surface area (Å²) in [6.07, 6.45) is 5.97. The summed E-state index contributed by atoms with van der Waals surface area (Å²) in [4.78, 5) is 11.1. The van der Waals surface area contributed by atoms with Crippen LogP contribution in [0.25, 0.3) is 0 Å². The van der Waals surface area contributed by atoms with E-state index in [2.05, 4.69) is 14.9 Å². The van der Waals surface area contributed by atoms with Gasteiger partial charge < -0.3 is 14.4 Å². The second-order valence-electron chi connectivity index (χ2n) is 5.86. The molecule has 0 radical (unpaired) electrons. The molecule has 1 aromatic heterocycles. The number of anilines is 1. The normalized spacial score (nSPS) is 26.6. The molecule has 3 rings (SSSR count). The maximum Gasteiger partial charge on any atom is 0.234 e. The monoisotopic (exact) mass is 263 g/mol. The van der Waals surface area contributed by atoms with Crippen molar-refractivity contribution in [2.45, 2.75) is 32.8 Å². The van der Waals surface area contributed by atoms with Gasteiger partial charge in [0.15, 0.2) is 5.82 Å². The van der Waals surface area contributed by atoms with Crippen molar-refractivity contribution in [3.63, 3.8) is 0 Å². The van der Waals surface area contributed by atoms with Crippen LogP contribution in [0.1, 0.15) is 26.7 Å². The Labute approximate surface area is 113 Å². The van der Waals surface area contributed by atoms with Crippen LogP contribution in [-0.4, -0.2) is 42.4 Å². The van der Waals surface area contributed by atoms with Crippen molar-refractivity contribution < 1.29 is 9.47 Å². The molecule has 3 heterocycles. The van der Waals surface area contributed by atoms with Crippen molar-refractivity contribution in [3.8, 4) is 5.88 Å². The van der Waals surface area contributed by atoms with E-state index in [1.165, 1.54) is 12.8 Å². The summed E-state index contributed by atoms with van der Waals surface area (Å²) in [5, 5.41) is 0. The number of ether oxygens (including phenoxy) is 2. The molecule has 0 aliphatic carbocycles. The average molecular weight is 263 g/mol. The van der Waals surface area contributed by atoms with E-state index < -0.39 is 0 Å². The summed E-state index contributed by atoms with van der Waals surface area (Å²) in [6, 6.07) is 0. The van der Waals surface area contributed by atoms with Crippen molar-refractivity contribution in [2.24, 2.45) is 5.41 Å². The Morgan fingerprint density at radius 2 is 2.26 bits per heavy atom. The third kappa shape index (κ3) is 2.66. The molecule has 0 bridgehead atoms. The molecule has 0 amide bonds. The lowest BCUT2D eigenvalue weighted by Gasteiger charge is -2.22. The Morgan fingerprint density at radius 1 is 1.37 bits per heavy atom. The van der Waals surface area contributed by atoms with Crippen LogP contribution in [0.2, 0.25) is 0 Å². The van der Waals surface area contributed by atoms with E-state index in [0.29, 0.717) is 11.3 Å². The van der Waals surface area contributed by atoms with Crippen LogP contribution in [0.4, 0.5) is 5.82 Å². The molecule has 2 fully saturated rings. The van der Waals surface area contributed by atoms with Crippen LogP contribution >= 0.6 is 0 Å². The highest BCUT2D eigenvalue weighted by Gasteiger charge is 2.41. The number of aromatic nitrogens is 2. The van der Waals surface area contributed by atoms with Gasteiger partial charge in [0.25, 0.3) is 0 Å². The Hall–Kier alpha value is -1.36. The van der Waals surface area contributed by atoms with Crippen LogP contribution in [0.5, 0.6) is 5.88 Å². The summed E-state index contributed by atoms with van der Waals surface area (Å²) in [5.41, 5.74) is 0.344. The van der Waals surface area contributed by atoms with Crippen molar-refractivity contribution in [3.05, 3.63) is 12.4 Å². The maximum atomic E-state index is 5.61. The minimum absolute atomic E-state index is 0.123. The van der Waals surface area contributed by atoms with E-state index in [-0.39, 0.29) is 6.10 Å². The Balaban J connectivity index is 1.72. The molecule has 2 saturated heterocycles. The first-order valence-corrected chi connectivity index (χ1v) is 6.98. The Kier molecular flexibility index (Phi) is 3.31. The molecule has 1 aromatic rings. The predicted octanol–water partition coefficient (Wildman–Crippen LogP) is 1.88. The lowest BCUT2D eigenvalue weighted by atomic mass is 9.87. The highest BCUT2D eigenvalue weighted by Crippen LogP contribution is 2.39. The van der Waals surface area contributed by atoms with Crippen molar-refractivity contribution in [1.82, 2.24) is 9.97 Å². The van der Waals surface area contributed by atoms with Gasteiger partial charge in [-0.1, -0.05) is 0 Å². The van der Waals surface area contributed by atoms with Crippen LogP contribution < -0.4 is 9.64 Å². The van der Waals surface area contributed by atoms with Gasteiger partial charge in [0, 0.05) is 25.1 Å². The highest BCUT2D eigenvalue weighted by molar-refractivity contribution is 5.39. The first kappa shape index (κ1) is 12.7. The van der Waals surface area contributed by atoms with Gasteiger partial charge in [-0.2, -0.15) is 4.98 Å². The van der Waals surface area contributed by atoms with Crippen molar-refractivity contribution in [2.75, 3.05) is 31.2 Å². The fourth-order valence-corrected chi connectivity index (χ4v) is 2.89. The molecule has 1 atom stereocenters. The zero-order valence-electron chi connectivity index (χ0n) is 11.6. The lowest BCUT2D eigenvalue weighted by Crippen LogP contribution is -2.28. The van der Waals surface area contributed by atoms with E-state index in [1.807, 2.05) is 20.0 Å². The Bertz CT molecular complexity index is 444. The number of hydrogen-bond acceptors (Lipinski definition) is 5. The molecule has 1 spiro atoms. The zero-order chi connectivity index (χ0) is 13.3. The first-order chi connectivity index (χ1) is 9.17. The largest absolute Gasteiger partial charge is 0.474 e. The Morgan fingerprint density at radius 3 is 3.00 bits per heavy atom. The third-order valence-electron chi connectivity index (χ3n) is 3.90. The number of hydrogen-bond donors (Lipinski definition) is 0. The topological polar surface area (TPSA) is 47.5 Å². The molecule has 2 aliphatic rings. The third-order valence-corrected chi connectivity index (χ3v) is 3.90. The van der Waals surface area contributed by atoms with Crippen molar-refractivity contribution in [1.29, 1.82) is 0 Å². The van der Waals surface area contributed by atoms with Gasteiger partial charge in [-0.05, 0) is 26.7 Å². The molecular formula is C14H21N3O2. The zero-order valence-corrected chi connectivity index (χ0v) is 11.6. The van der Waals surface area contributed by atoms with E-state index >= 15 is 0 Å². The van der Waals surface area contributed by atoms with Crippen molar-refractivity contribution >= 4 is 5.82 Å². The van der Waals surface area contributed by atoms with Crippen LogP contribution in [-0.2, 0) is 4.74 Å². The summed E-state index contributed by atoms with van der Waals surface area (Å²) in [7, 11) is 0. The summed E-state index contributed by atoms with van der Waals surface area (Å²) in [6.45, 7) is 7.83. The van der Waals surface area contributed by atoms with Gasteiger partial charge in [-0.3, -0.25) is 4.98 Å². The summed E-state index contributed by atoms with van der Waals surface area (Å²) >= 11 is 0. The number of nitrogens with zero attached hydrogens (tertiary/aromatic N) is 3. The van der Waals surface area contributed by atoms with Gasteiger partial charge in [0.05, 0.1) is 25.1 Å². The van der Waals surface area contributed by atoms with Crippen LogP contribution in [0.15, 0.2) is 12.4 Å². The molecule has 2 aliphatic heterocycles. The van der Waals surface area contributed by atoms with E-state index in [4.69, 9.17) is 9.47 Å². The first-order valence-electron chi connectivity index (χ1n) is 6.98. The predicted molar refractivity (Wildman–Crippen MR) is 72.5 cm³/mol. The van der Waals surface area contributed by atoms with Gasteiger partial charge in [-0.25, -0.2) is 0 Å². The molecule has 0 N–H and O–H groups in total. The summed E-state index contributed by atoms with van der Waals surface area (Å²) in [5.74, 6) is 1.53. The van der Waals surface area contributed by atoms with Gasteiger partial charge >= 0.3 is 0 Å². The molecule has 1 unspecified atom stereocenters. The minimum Gasteiger partial charge on any atom is -0.474 e. The second kappa shape index (κ2) is 4.96. The fraction of sp³-hybridized carbons (Fsp3) is 0.714. The summed E-state index contributed by atoms with van der Waals surface area (Å²) < 4.78 is 11.2. The molecule has 104 valence electrons. The SMILES string of the molecule is CC(C)Oc1cncc(N2CCC3(CCOC3)C2)n1. The molecule has 19 heavy (non-hydrogen) atoms. The van der Waals surface area contributed by atoms with Gasteiger partial charge in [-0.15, -0.1) is 0 Å². The van der Waals surface area contributed by atoms with E-state index in [1.54, 1.807) is 6.20 Å². The molecule has 5 nitrogen and oxygen atoms in total. The van der Waals surface area contributed by atoms with E-state index in [9.17, 15) is 0 Å². The molecule has 0 aromatic carbocycles. The smallest absolute Gasteiger partial charge is 0.234 e. The van der Waals surface area contributed by atoms with Crippen LogP contribution in [0, 0.1) is 5.41 Å². The van der Waals surface area contributed by atoms with Gasteiger partial charge in [0.2, 0.25) is 5.88 Å². The lowest BCUT2D eigenvalue weighted by molar-refractivity contribution is 0.160. The number of rotatable bonds is 3. The highest BCUT2D eigenvalue weighted by atomic mass is 16.5. The van der Waals surface area contributed by atoms with Gasteiger partial charge in [0.1, 0.15) is 0 Å².